The molecule has 1 aromatic carbocycles. The summed E-state index contributed by atoms with van der Waals surface area (Å²) >= 11 is 12.0. The maximum absolute atomic E-state index is 14.7. The number of hydrogen-bond acceptors (Lipinski definition) is 4. The summed E-state index contributed by atoms with van der Waals surface area (Å²) in [6.45, 7) is 1.90. The Bertz CT molecular complexity index is 1060. The predicted molar refractivity (Wildman–Crippen MR) is 113 cm³/mol. The minimum absolute atomic E-state index is 0.0801. The number of carbonyl (C=O) groups excluding carboxylic acids is 1. The van der Waals surface area contributed by atoms with Crippen LogP contribution in [0.3, 0.4) is 0 Å². The quantitative estimate of drug-likeness (QED) is 0.694. The molecule has 30 heavy (non-hydrogen) atoms. The molecule has 0 bridgehead atoms. The smallest absolute Gasteiger partial charge is 0.276 e. The van der Waals surface area contributed by atoms with Crippen molar-refractivity contribution >= 4 is 39.3 Å². The van der Waals surface area contributed by atoms with Gasteiger partial charge in [-0.25, -0.2) is 9.53 Å². The molecule has 2 heterocycles. The number of benzene rings is 1. The molecule has 3 N–H and O–H groups in total. The molecule has 0 aliphatic carbocycles. The van der Waals surface area contributed by atoms with Crippen LogP contribution >= 0.6 is 23.2 Å². The Labute approximate surface area is 184 Å². The molecule has 3 rings (SSSR count). The minimum Gasteiger partial charge on any atom is -0.349 e. The molecular weight excluding hydrogens is 454 g/mol. The first-order valence-electron chi connectivity index (χ1n) is 9.19. The van der Waals surface area contributed by atoms with Crippen LogP contribution in [-0.2, 0) is 15.6 Å². The van der Waals surface area contributed by atoms with Crippen molar-refractivity contribution in [3.8, 4) is 0 Å². The Balaban J connectivity index is 1.93. The summed E-state index contributed by atoms with van der Waals surface area (Å²) in [4.78, 5) is 17.1. The van der Waals surface area contributed by atoms with Gasteiger partial charge in [-0.05, 0) is 50.1 Å². The summed E-state index contributed by atoms with van der Waals surface area (Å²) in [5.41, 5.74) is -0.526. The van der Waals surface area contributed by atoms with E-state index in [0.717, 1.165) is 4.31 Å². The highest BCUT2D eigenvalue weighted by Crippen LogP contribution is 2.39. The molecule has 1 aromatic heterocycles. The largest absolute Gasteiger partial charge is 0.349 e. The van der Waals surface area contributed by atoms with Crippen molar-refractivity contribution in [3.05, 3.63) is 63.6 Å². The number of nitrogens with one attached hydrogen (secondary N) is 1. The topological polar surface area (TPSA) is 105 Å². The summed E-state index contributed by atoms with van der Waals surface area (Å²) in [7, 11) is -3.87. The van der Waals surface area contributed by atoms with Gasteiger partial charge in [0.25, 0.3) is 16.1 Å². The first-order chi connectivity index (χ1) is 14.0. The van der Waals surface area contributed by atoms with Gasteiger partial charge < -0.3 is 5.32 Å². The maximum Gasteiger partial charge on any atom is 0.276 e. The number of hydrogen-bond donors (Lipinski definition) is 2. The normalized spacial score (nSPS) is 18.0. The molecule has 0 radical (unpaired) electrons. The van der Waals surface area contributed by atoms with Gasteiger partial charge in [-0.3, -0.25) is 9.78 Å². The van der Waals surface area contributed by atoms with Crippen molar-refractivity contribution in [2.45, 2.75) is 31.2 Å². The van der Waals surface area contributed by atoms with Crippen LogP contribution in [0, 0.1) is 5.82 Å². The van der Waals surface area contributed by atoms with E-state index in [0.29, 0.717) is 5.02 Å². The van der Waals surface area contributed by atoms with E-state index in [9.17, 15) is 17.6 Å². The molecule has 0 spiro atoms. The molecule has 1 unspecified atom stereocenters. The Morgan fingerprint density at radius 3 is 2.53 bits per heavy atom. The number of nitrogens with zero attached hydrogens (tertiary/aromatic N) is 2. The SMILES string of the molecule is CC(NC(=O)c1ccc(Cl)cc1Cl)C1(c2ncccc2F)CCN(S(N)(=O)=O)CC1. The van der Waals surface area contributed by atoms with Crippen LogP contribution in [0.15, 0.2) is 36.5 Å². The lowest BCUT2D eigenvalue weighted by atomic mass is 9.70. The van der Waals surface area contributed by atoms with Crippen LogP contribution in [0.25, 0.3) is 0 Å². The van der Waals surface area contributed by atoms with E-state index in [1.54, 1.807) is 13.0 Å². The molecular formula is C19H21Cl2FN4O3S. The number of piperidine rings is 1. The Morgan fingerprint density at radius 1 is 1.30 bits per heavy atom. The van der Waals surface area contributed by atoms with Crippen molar-refractivity contribution in [2.75, 3.05) is 13.1 Å². The Kier molecular flexibility index (Phi) is 6.69. The molecule has 1 aliphatic rings. The third-order valence-electron chi connectivity index (χ3n) is 5.56. The molecule has 2 aromatic rings. The number of carbonyl (C=O) groups is 1. The van der Waals surface area contributed by atoms with E-state index >= 15 is 0 Å². The van der Waals surface area contributed by atoms with Crippen molar-refractivity contribution < 1.29 is 17.6 Å². The van der Waals surface area contributed by atoms with Gasteiger partial charge in [-0.2, -0.15) is 12.7 Å². The maximum atomic E-state index is 14.7. The highest BCUT2D eigenvalue weighted by Gasteiger charge is 2.46. The van der Waals surface area contributed by atoms with Gasteiger partial charge in [-0.1, -0.05) is 23.2 Å². The van der Waals surface area contributed by atoms with Gasteiger partial charge in [0.15, 0.2) is 0 Å². The summed E-state index contributed by atoms with van der Waals surface area (Å²) in [5, 5.41) is 8.70. The summed E-state index contributed by atoms with van der Waals surface area (Å²) in [6.07, 6.45) is 1.93. The fraction of sp³-hybridized carbons (Fsp3) is 0.368. The van der Waals surface area contributed by atoms with Crippen molar-refractivity contribution in [3.63, 3.8) is 0 Å². The fourth-order valence-electron chi connectivity index (χ4n) is 3.85. The number of nitrogens with two attached hydrogens (primary N) is 1. The van der Waals surface area contributed by atoms with Gasteiger partial charge in [0.2, 0.25) is 0 Å². The van der Waals surface area contributed by atoms with Crippen molar-refractivity contribution in [2.24, 2.45) is 5.14 Å². The molecule has 162 valence electrons. The average Bonchev–Trinajstić information content (AvgIpc) is 2.67. The standard InChI is InChI=1S/C19H21Cl2FN4O3S/c1-12(25-18(27)14-5-4-13(20)11-15(14)21)19(17-16(22)3-2-8-24-17)6-9-26(10-7-19)30(23,28)29/h2-5,8,11-12H,6-7,9-10H2,1H3,(H,25,27)(H2,23,28,29). The number of amides is 1. The van der Waals surface area contributed by atoms with E-state index in [2.05, 4.69) is 10.3 Å². The van der Waals surface area contributed by atoms with E-state index in [1.807, 2.05) is 0 Å². The van der Waals surface area contributed by atoms with Crippen LogP contribution in [-0.4, -0.2) is 42.7 Å². The minimum atomic E-state index is -3.87. The van der Waals surface area contributed by atoms with E-state index in [4.69, 9.17) is 28.3 Å². The molecule has 1 amide bonds. The number of halogens is 3. The third kappa shape index (κ3) is 4.60. The summed E-state index contributed by atoms with van der Waals surface area (Å²) in [6, 6.07) is 6.70. The summed E-state index contributed by atoms with van der Waals surface area (Å²) in [5.74, 6) is -0.971. The van der Waals surface area contributed by atoms with Gasteiger partial charge in [0, 0.05) is 35.8 Å². The zero-order chi connectivity index (χ0) is 22.1. The highest BCUT2D eigenvalue weighted by molar-refractivity contribution is 7.86. The first-order valence-corrected chi connectivity index (χ1v) is 11.5. The number of rotatable bonds is 5. The van der Waals surface area contributed by atoms with Crippen molar-refractivity contribution in [1.29, 1.82) is 0 Å². The lowest BCUT2D eigenvalue weighted by Gasteiger charge is -2.44. The fourth-order valence-corrected chi connectivity index (χ4v) is 5.04. The summed E-state index contributed by atoms with van der Waals surface area (Å²) < 4.78 is 39.3. The molecule has 1 atom stereocenters. The molecule has 7 nitrogen and oxygen atoms in total. The van der Waals surface area contributed by atoms with Crippen LogP contribution < -0.4 is 10.5 Å². The molecule has 1 fully saturated rings. The van der Waals surface area contributed by atoms with Gasteiger partial charge in [0.05, 0.1) is 16.3 Å². The molecule has 1 saturated heterocycles. The second kappa shape index (κ2) is 8.76. The predicted octanol–water partition coefficient (Wildman–Crippen LogP) is 2.88. The molecule has 11 heteroatoms. The zero-order valence-corrected chi connectivity index (χ0v) is 18.4. The van der Waals surface area contributed by atoms with E-state index in [-0.39, 0.29) is 42.2 Å². The van der Waals surface area contributed by atoms with Crippen LogP contribution in [0.2, 0.25) is 10.0 Å². The van der Waals surface area contributed by atoms with Crippen molar-refractivity contribution in [1.82, 2.24) is 14.6 Å². The lowest BCUT2D eigenvalue weighted by molar-refractivity contribution is 0.0890. The van der Waals surface area contributed by atoms with Gasteiger partial charge in [-0.15, -0.1) is 0 Å². The lowest BCUT2D eigenvalue weighted by Crippen LogP contribution is -2.56. The van der Waals surface area contributed by atoms with Crippen LogP contribution in [0.5, 0.6) is 0 Å². The number of pyridine rings is 1. The first kappa shape index (κ1) is 22.9. The van der Waals surface area contributed by atoms with Gasteiger partial charge >= 0.3 is 0 Å². The average molecular weight is 475 g/mol. The zero-order valence-electron chi connectivity index (χ0n) is 16.1. The van der Waals surface area contributed by atoms with Crippen LogP contribution in [0.1, 0.15) is 35.8 Å². The third-order valence-corrected chi connectivity index (χ3v) is 7.19. The highest BCUT2D eigenvalue weighted by atomic mass is 35.5. The molecule has 0 saturated carbocycles. The van der Waals surface area contributed by atoms with E-state index < -0.39 is 33.4 Å². The molecule has 1 aliphatic heterocycles. The van der Waals surface area contributed by atoms with E-state index in [1.165, 1.54) is 30.5 Å². The second-order valence-electron chi connectivity index (χ2n) is 7.25. The Morgan fingerprint density at radius 2 is 1.97 bits per heavy atom. The monoisotopic (exact) mass is 474 g/mol. The van der Waals surface area contributed by atoms with Gasteiger partial charge in [0.1, 0.15) is 5.82 Å². The van der Waals surface area contributed by atoms with Crippen LogP contribution in [0.4, 0.5) is 4.39 Å². The Hall–Kier alpha value is -1.78. The second-order valence-corrected chi connectivity index (χ2v) is 9.64. The number of aromatic nitrogens is 1.